The number of ether oxygens (including phenoxy) is 1. The number of benzene rings is 3. The van der Waals surface area contributed by atoms with Gasteiger partial charge >= 0.3 is 0 Å². The van der Waals surface area contributed by atoms with Crippen LogP contribution in [-0.2, 0) is 9.59 Å². The number of imide groups is 2. The van der Waals surface area contributed by atoms with Crippen molar-refractivity contribution in [3.05, 3.63) is 87.9 Å². The summed E-state index contributed by atoms with van der Waals surface area (Å²) in [4.78, 5) is 74.6. The van der Waals surface area contributed by atoms with E-state index in [1.807, 2.05) is 30.3 Å². The Balaban J connectivity index is 0.769. The van der Waals surface area contributed by atoms with Crippen LogP contribution in [0.5, 0.6) is 5.75 Å². The zero-order valence-corrected chi connectivity index (χ0v) is 35.3. The second-order valence-corrected chi connectivity index (χ2v) is 18.1. The summed E-state index contributed by atoms with van der Waals surface area (Å²) in [5, 5.41) is 15.1. The van der Waals surface area contributed by atoms with Gasteiger partial charge in [-0.2, -0.15) is 5.26 Å². The minimum absolute atomic E-state index is 0.0898. The number of amides is 5. The van der Waals surface area contributed by atoms with E-state index in [1.165, 1.54) is 0 Å². The molecule has 14 nitrogen and oxygen atoms in total. The zero-order valence-electron chi connectivity index (χ0n) is 34.5. The molecule has 0 bridgehead atoms. The molecule has 1 saturated carbocycles. The number of nitriles is 1. The van der Waals surface area contributed by atoms with Gasteiger partial charge in [0.2, 0.25) is 11.8 Å². The molecule has 1 atom stereocenters. The van der Waals surface area contributed by atoms with E-state index in [0.29, 0.717) is 33.0 Å². The van der Waals surface area contributed by atoms with Gasteiger partial charge in [0, 0.05) is 112 Å². The number of nitrogens with one attached hydrogen (secondary N) is 2. The van der Waals surface area contributed by atoms with Crippen LogP contribution in [0.3, 0.4) is 0 Å². The van der Waals surface area contributed by atoms with E-state index >= 15 is 0 Å². The third-order valence-corrected chi connectivity index (χ3v) is 13.5. The maximum absolute atomic E-state index is 13.5. The van der Waals surface area contributed by atoms with Gasteiger partial charge in [0.05, 0.1) is 21.7 Å². The smallest absolute Gasteiger partial charge is 0.262 e. The van der Waals surface area contributed by atoms with Crippen LogP contribution in [0.2, 0.25) is 5.02 Å². The monoisotopic (exact) mass is 834 g/mol. The first kappa shape index (κ1) is 41.3. The Hall–Kier alpha value is -5.49. The van der Waals surface area contributed by atoms with Gasteiger partial charge in [-0.25, -0.2) is 0 Å². The Labute approximate surface area is 355 Å². The van der Waals surface area contributed by atoms with E-state index < -0.39 is 29.7 Å². The molecule has 1 aliphatic carbocycles. The molecule has 2 N–H and O–H groups in total. The third kappa shape index (κ3) is 7.70. The second kappa shape index (κ2) is 16.2. The van der Waals surface area contributed by atoms with Crippen molar-refractivity contribution in [1.29, 1.82) is 5.26 Å². The minimum Gasteiger partial charge on any atom is -0.489 e. The van der Waals surface area contributed by atoms with Crippen LogP contribution in [0.1, 0.15) is 77.2 Å². The molecule has 4 aliphatic heterocycles. The number of anilines is 2. The predicted octanol–water partition coefficient (Wildman–Crippen LogP) is 4.17. The standard InChI is InChI=1S/C45H51ClN8O6/c1-44(2)42(45(3,4)43(44)60-32-11-7-29(27-47)35(46)26-32)49-38(56)28-5-8-30(9-6-28)52-21-17-50(18-22-52)15-16-51-19-23-53(24-20-51)31-10-12-33-34(25-31)41(59)54(40(33)58)36-13-14-37(55)48-39(36)57/h5-12,25-26,36,42-43H,13-24H2,1-4H3,(H,49,56)(H,48,55,57)/t36?,42-,43-. The summed E-state index contributed by atoms with van der Waals surface area (Å²) in [7, 11) is 0. The summed E-state index contributed by atoms with van der Waals surface area (Å²) >= 11 is 6.25. The highest BCUT2D eigenvalue weighted by Crippen LogP contribution is 2.55. The first-order valence-electron chi connectivity index (χ1n) is 20.7. The van der Waals surface area contributed by atoms with Crippen LogP contribution in [-0.4, -0.2) is 128 Å². The number of nitrogens with zero attached hydrogens (tertiary/aromatic N) is 6. The SMILES string of the molecule is CC1(C)[C@H](NC(=O)c2ccc(N3CCN(CCN4CCN(c5ccc6c(c5)C(=O)N(C5CCC(=O)NC5=O)C6=O)CC4)CC3)cc2)C(C)(C)[C@H]1Oc1ccc(C#N)c(Cl)c1. The van der Waals surface area contributed by atoms with Crippen molar-refractivity contribution in [2.24, 2.45) is 10.8 Å². The first-order valence-corrected chi connectivity index (χ1v) is 21.1. The molecule has 3 aromatic rings. The van der Waals surface area contributed by atoms with Crippen LogP contribution >= 0.6 is 11.6 Å². The number of piperazine rings is 2. The van der Waals surface area contributed by atoms with Gasteiger partial charge < -0.3 is 19.9 Å². The van der Waals surface area contributed by atoms with Gasteiger partial charge in [-0.05, 0) is 61.0 Å². The molecule has 1 unspecified atom stereocenters. The maximum Gasteiger partial charge on any atom is 0.262 e. The molecular formula is C45H51ClN8O6. The summed E-state index contributed by atoms with van der Waals surface area (Å²) < 4.78 is 6.38. The van der Waals surface area contributed by atoms with Crippen molar-refractivity contribution in [3.63, 3.8) is 0 Å². The Morgan fingerprint density at radius 1 is 0.800 bits per heavy atom. The average molecular weight is 835 g/mol. The van der Waals surface area contributed by atoms with E-state index in [-0.39, 0.29) is 41.7 Å². The van der Waals surface area contributed by atoms with E-state index in [1.54, 1.807) is 30.3 Å². The van der Waals surface area contributed by atoms with E-state index in [0.717, 1.165) is 81.7 Å². The Kier molecular flexibility index (Phi) is 11.1. The molecule has 4 fully saturated rings. The van der Waals surface area contributed by atoms with Crippen molar-refractivity contribution in [1.82, 2.24) is 25.3 Å². The lowest BCUT2D eigenvalue weighted by molar-refractivity contribution is -0.164. The van der Waals surface area contributed by atoms with Crippen molar-refractivity contribution >= 4 is 52.5 Å². The van der Waals surface area contributed by atoms with Crippen LogP contribution in [0, 0.1) is 22.2 Å². The Morgan fingerprint density at radius 2 is 1.38 bits per heavy atom. The summed E-state index contributed by atoms with van der Waals surface area (Å²) in [6, 6.07) is 19.2. The third-order valence-electron chi connectivity index (χ3n) is 13.2. The van der Waals surface area contributed by atoms with Crippen LogP contribution in [0.4, 0.5) is 11.4 Å². The number of fused-ring (bicyclic) bond motifs is 1. The summed E-state index contributed by atoms with van der Waals surface area (Å²) in [6.07, 6.45) is 0.0430. The number of piperidine rings is 1. The number of carbonyl (C=O) groups excluding carboxylic acids is 5. The number of hydrogen-bond donors (Lipinski definition) is 2. The highest BCUT2D eigenvalue weighted by molar-refractivity contribution is 6.31. The molecule has 0 aromatic heterocycles. The maximum atomic E-state index is 13.5. The van der Waals surface area contributed by atoms with Gasteiger partial charge in [-0.3, -0.25) is 44.0 Å². The molecule has 3 aromatic carbocycles. The lowest BCUT2D eigenvalue weighted by Gasteiger charge is -2.63. The molecule has 0 radical (unpaired) electrons. The van der Waals surface area contributed by atoms with Gasteiger partial charge in [0.15, 0.2) is 0 Å². The molecule has 5 amide bonds. The predicted molar refractivity (Wildman–Crippen MR) is 226 cm³/mol. The van der Waals surface area contributed by atoms with Crippen molar-refractivity contribution in [2.45, 2.75) is 58.7 Å². The second-order valence-electron chi connectivity index (χ2n) is 17.7. The quantitative estimate of drug-likeness (QED) is 0.283. The van der Waals surface area contributed by atoms with Crippen LogP contribution in [0.15, 0.2) is 60.7 Å². The number of carbonyl (C=O) groups is 5. The molecule has 4 heterocycles. The van der Waals surface area contributed by atoms with Crippen LogP contribution < -0.4 is 25.2 Å². The molecule has 60 heavy (non-hydrogen) atoms. The lowest BCUT2D eigenvalue weighted by Crippen LogP contribution is -2.74. The molecule has 8 rings (SSSR count). The number of hydrogen-bond acceptors (Lipinski definition) is 11. The largest absolute Gasteiger partial charge is 0.489 e. The average Bonchev–Trinajstić information content (AvgIpc) is 3.49. The minimum atomic E-state index is -0.975. The van der Waals surface area contributed by atoms with Crippen molar-refractivity contribution in [2.75, 3.05) is 75.2 Å². The van der Waals surface area contributed by atoms with Gasteiger partial charge in [0.1, 0.15) is 24.0 Å². The fourth-order valence-electron chi connectivity index (χ4n) is 10.0. The van der Waals surface area contributed by atoms with Crippen LogP contribution in [0.25, 0.3) is 0 Å². The molecule has 3 saturated heterocycles. The zero-order chi connectivity index (χ0) is 42.5. The van der Waals surface area contributed by atoms with E-state index in [2.05, 4.69) is 64.0 Å². The fourth-order valence-corrected chi connectivity index (χ4v) is 10.2. The highest BCUT2D eigenvalue weighted by Gasteiger charge is 2.64. The lowest BCUT2D eigenvalue weighted by atomic mass is 9.49. The number of rotatable bonds is 10. The van der Waals surface area contributed by atoms with E-state index in [4.69, 9.17) is 16.3 Å². The number of halogens is 1. The first-order chi connectivity index (χ1) is 28.6. The van der Waals surface area contributed by atoms with Crippen molar-refractivity contribution < 1.29 is 28.7 Å². The summed E-state index contributed by atoms with van der Waals surface area (Å²) in [6.45, 7) is 17.3. The molecule has 15 heteroatoms. The summed E-state index contributed by atoms with van der Waals surface area (Å²) in [5.41, 5.74) is 2.88. The molecule has 5 aliphatic rings. The molecular weight excluding hydrogens is 784 g/mol. The Bertz CT molecular complexity index is 2240. The summed E-state index contributed by atoms with van der Waals surface area (Å²) in [5.74, 6) is -1.50. The Morgan fingerprint density at radius 3 is 1.97 bits per heavy atom. The topological polar surface area (TPSA) is 159 Å². The van der Waals surface area contributed by atoms with Gasteiger partial charge in [0.25, 0.3) is 17.7 Å². The fraction of sp³-hybridized carbons (Fsp3) is 0.467. The van der Waals surface area contributed by atoms with E-state index in [9.17, 15) is 29.2 Å². The van der Waals surface area contributed by atoms with Gasteiger partial charge in [-0.15, -0.1) is 0 Å². The van der Waals surface area contributed by atoms with Gasteiger partial charge in [-0.1, -0.05) is 39.3 Å². The molecule has 0 spiro atoms. The van der Waals surface area contributed by atoms with Crippen molar-refractivity contribution in [3.8, 4) is 11.8 Å². The normalized spacial score (nSPS) is 24.1. The molecule has 314 valence electrons. The highest BCUT2D eigenvalue weighted by atomic mass is 35.5.